The second kappa shape index (κ2) is 18.9. The van der Waals surface area contributed by atoms with E-state index in [1.807, 2.05) is 62.4 Å². The summed E-state index contributed by atoms with van der Waals surface area (Å²) < 4.78 is 22.9. The number of benzene rings is 4. The summed E-state index contributed by atoms with van der Waals surface area (Å²) in [5.74, 6) is 5.50. The third kappa shape index (κ3) is 9.21. The van der Waals surface area contributed by atoms with E-state index >= 15 is 0 Å². The summed E-state index contributed by atoms with van der Waals surface area (Å²) in [5.41, 5.74) is 9.45. The number of ether oxygens (including phenoxy) is 2. The van der Waals surface area contributed by atoms with Gasteiger partial charge in [-0.2, -0.15) is 0 Å². The fourth-order valence-electron chi connectivity index (χ4n) is 7.05. The number of halogens is 2. The third-order valence-corrected chi connectivity index (χ3v) is 29.6. The number of para-hydroxylation sites is 2. The summed E-state index contributed by atoms with van der Waals surface area (Å²) in [6, 6.07) is 42.3. The minimum atomic E-state index is -1.65. The molecule has 2 heterocycles. The van der Waals surface area contributed by atoms with Gasteiger partial charge in [-0.1, -0.05) is 84.6 Å². The van der Waals surface area contributed by atoms with Crippen molar-refractivity contribution in [3.8, 4) is 56.4 Å². The standard InChI is InChI=1S/2C23H21O2.C2H6Si.2ClH.Zr/c2*1-4-16-10-11-17-13-18(21-12-9-15(2)25-21)14-20(17)23(16)19-7-5-6-8-22(19)24-3;1-3-2;;;/h2*5-14H,4H2,1-3H3;1-2H3;2*1H;/q2*-1;;;;+2/p-2. The van der Waals surface area contributed by atoms with Crippen LogP contribution in [0.2, 0.25) is 13.1 Å². The normalized spacial score (nSPS) is 10.8. The molecule has 0 aliphatic carbocycles. The van der Waals surface area contributed by atoms with Crippen molar-refractivity contribution in [1.29, 1.82) is 0 Å². The predicted molar refractivity (Wildman–Crippen MR) is 236 cm³/mol. The van der Waals surface area contributed by atoms with Gasteiger partial charge in [0.05, 0.1) is 37.3 Å². The average Bonchev–Trinajstić information content (AvgIpc) is 4.04. The molecule has 0 spiro atoms. The zero-order valence-electron chi connectivity index (χ0n) is 33.4. The van der Waals surface area contributed by atoms with Crippen LogP contribution in [0.5, 0.6) is 11.5 Å². The zero-order chi connectivity index (χ0) is 39.9. The third-order valence-electron chi connectivity index (χ3n) is 9.89. The second-order valence-corrected chi connectivity index (χ2v) is 36.9. The van der Waals surface area contributed by atoms with Gasteiger partial charge in [0.15, 0.2) is 0 Å². The van der Waals surface area contributed by atoms with Crippen molar-refractivity contribution in [3.63, 3.8) is 0 Å². The van der Waals surface area contributed by atoms with E-state index in [-0.39, 0.29) is 5.43 Å². The first-order chi connectivity index (χ1) is 27.1. The molecule has 0 unspecified atom stereocenters. The molecular weight excluding hydrogens is 831 g/mol. The first-order valence-corrected chi connectivity index (χ1v) is 31.4. The van der Waals surface area contributed by atoms with Crippen molar-refractivity contribution in [2.75, 3.05) is 14.2 Å². The maximum atomic E-state index is 5.82. The van der Waals surface area contributed by atoms with Crippen LogP contribution in [0.4, 0.5) is 0 Å². The van der Waals surface area contributed by atoms with Gasteiger partial charge in [0, 0.05) is 11.1 Å². The van der Waals surface area contributed by atoms with Gasteiger partial charge in [0.1, 0.15) is 11.5 Å². The molecule has 0 saturated carbocycles. The molecule has 0 N–H and O–H groups in total. The van der Waals surface area contributed by atoms with Gasteiger partial charge in [-0.3, -0.25) is 0 Å². The fourth-order valence-corrected chi connectivity index (χ4v) is 7.05. The van der Waals surface area contributed by atoms with E-state index in [0.29, 0.717) is 0 Å². The molecule has 4 nitrogen and oxygen atoms in total. The maximum absolute atomic E-state index is 5.82. The molecule has 8 rings (SSSR count). The Labute approximate surface area is 346 Å². The predicted octanol–water partition coefficient (Wildman–Crippen LogP) is 14.9. The molecule has 0 amide bonds. The van der Waals surface area contributed by atoms with Crippen LogP contribution in [-0.4, -0.2) is 19.7 Å². The van der Waals surface area contributed by atoms with E-state index in [2.05, 4.69) is 99.7 Å². The molecule has 0 atom stereocenters. The molecule has 0 aliphatic heterocycles. The Kier molecular flexibility index (Phi) is 14.0. The topological polar surface area (TPSA) is 44.7 Å². The number of hydrogen-bond donors (Lipinski definition) is 0. The average molecular weight is 879 g/mol. The molecule has 288 valence electrons. The summed E-state index contributed by atoms with van der Waals surface area (Å²) in [4.78, 5) is 0. The van der Waals surface area contributed by atoms with Crippen LogP contribution in [0, 0.1) is 13.8 Å². The Morgan fingerprint density at radius 3 is 1.30 bits per heavy atom. The first kappa shape index (κ1) is 41.6. The number of fused-ring (bicyclic) bond motifs is 2. The van der Waals surface area contributed by atoms with E-state index in [4.69, 9.17) is 35.3 Å². The van der Waals surface area contributed by atoms with Crippen LogP contribution in [0.3, 0.4) is 0 Å². The van der Waals surface area contributed by atoms with Crippen LogP contribution in [0.15, 0.2) is 130 Å². The van der Waals surface area contributed by atoms with Crippen molar-refractivity contribution >= 4 is 44.0 Å². The zero-order valence-corrected chi connectivity index (χ0v) is 38.3. The Bertz CT molecular complexity index is 2430. The summed E-state index contributed by atoms with van der Waals surface area (Å²) in [6.07, 6.45) is 1.95. The van der Waals surface area contributed by atoms with Crippen molar-refractivity contribution in [2.24, 2.45) is 0 Å². The molecule has 8 aromatic rings. The van der Waals surface area contributed by atoms with Gasteiger partial charge in [-0.15, -0.1) is 57.9 Å². The molecule has 0 fully saturated rings. The van der Waals surface area contributed by atoms with Gasteiger partial charge >= 0.3 is 53.5 Å². The minimum absolute atomic E-state index is 0.224. The monoisotopic (exact) mass is 876 g/mol. The van der Waals surface area contributed by atoms with Gasteiger partial charge in [-0.05, 0) is 74.2 Å². The molecule has 6 aromatic carbocycles. The molecule has 0 bridgehead atoms. The summed E-state index contributed by atoms with van der Waals surface area (Å²) in [7, 11) is 14.7. The number of furan rings is 2. The van der Waals surface area contributed by atoms with Gasteiger partial charge in [-0.25, -0.2) is 0 Å². The molecule has 2 aromatic heterocycles. The summed E-state index contributed by atoms with van der Waals surface area (Å²) >= 11 is -1.65. The van der Waals surface area contributed by atoms with Crippen molar-refractivity contribution in [2.45, 2.75) is 53.6 Å². The van der Waals surface area contributed by atoms with Gasteiger partial charge in [0.2, 0.25) is 0 Å². The molecule has 0 saturated heterocycles. The fraction of sp³-hybridized carbons (Fsp3) is 0.208. The van der Waals surface area contributed by atoms with Crippen LogP contribution in [0.1, 0.15) is 36.5 Å². The summed E-state index contributed by atoms with van der Waals surface area (Å²) in [5, 5.41) is 4.94. The van der Waals surface area contributed by atoms with Gasteiger partial charge in [0.25, 0.3) is 0 Å². The second-order valence-electron chi connectivity index (χ2n) is 13.9. The Balaban J connectivity index is 0.000000166. The number of hydrogen-bond acceptors (Lipinski definition) is 4. The molecular formula is C48H48Cl2O4SiZr-2. The van der Waals surface area contributed by atoms with Crippen LogP contribution in [0.25, 0.3) is 66.4 Å². The van der Waals surface area contributed by atoms with E-state index in [1.165, 1.54) is 43.8 Å². The van der Waals surface area contributed by atoms with E-state index in [9.17, 15) is 0 Å². The summed E-state index contributed by atoms with van der Waals surface area (Å²) in [6.45, 7) is 12.7. The molecule has 56 heavy (non-hydrogen) atoms. The number of aryl methyl sites for hydroxylation is 4. The Morgan fingerprint density at radius 2 is 0.982 bits per heavy atom. The van der Waals surface area contributed by atoms with E-state index in [1.54, 1.807) is 14.2 Å². The molecule has 0 radical (unpaired) electrons. The van der Waals surface area contributed by atoms with Gasteiger partial charge < -0.3 is 18.3 Å². The van der Waals surface area contributed by atoms with Crippen LogP contribution in [-0.2, 0) is 30.8 Å². The van der Waals surface area contributed by atoms with Crippen molar-refractivity contribution in [1.82, 2.24) is 0 Å². The number of rotatable bonds is 8. The van der Waals surface area contributed by atoms with Crippen molar-refractivity contribution in [3.05, 3.63) is 144 Å². The first-order valence-electron chi connectivity index (χ1n) is 18.9. The van der Waals surface area contributed by atoms with Crippen molar-refractivity contribution < 1.29 is 36.3 Å². The quantitative estimate of drug-likeness (QED) is 0.113. The SMILES string of the molecule is CCc1ccc2[cH-]c(-c3ccc(C)o3)cc2c1-c1ccccc1OC.CCc1ccc2[cH-]c(-c3ccc(C)o3)cc2c1-c1ccccc1OC.C[Si](C)=[Zr]([Cl])[Cl]. The number of methoxy groups -OCH3 is 2. The van der Waals surface area contributed by atoms with E-state index in [0.717, 1.165) is 69.6 Å². The Hall–Kier alpha value is -4.06. The van der Waals surface area contributed by atoms with E-state index < -0.39 is 18.0 Å². The molecule has 8 heteroatoms. The Morgan fingerprint density at radius 1 is 0.589 bits per heavy atom. The van der Waals surface area contributed by atoms with Crippen LogP contribution < -0.4 is 9.47 Å². The molecule has 0 aliphatic rings. The van der Waals surface area contributed by atoms with Crippen LogP contribution >= 0.6 is 17.0 Å².